The van der Waals surface area contributed by atoms with Gasteiger partial charge in [-0.25, -0.2) is 9.37 Å². The molecule has 0 aliphatic heterocycles. The number of methoxy groups -OCH3 is 1. The maximum Gasteiger partial charge on any atom is 0.261 e. The van der Waals surface area contributed by atoms with Gasteiger partial charge < -0.3 is 10.1 Å². The van der Waals surface area contributed by atoms with Crippen molar-refractivity contribution in [1.82, 2.24) is 14.8 Å². The number of aryl methyl sites for hydroxylation is 1. The van der Waals surface area contributed by atoms with Crippen LogP contribution >= 0.6 is 22.9 Å². The minimum Gasteiger partial charge on any atom is -0.497 e. The lowest BCUT2D eigenvalue weighted by molar-refractivity contribution is 0.102. The number of amides is 1. The third-order valence-corrected chi connectivity index (χ3v) is 5.43. The normalized spacial score (nSPS) is 10.8. The van der Waals surface area contributed by atoms with Crippen molar-refractivity contribution >= 4 is 34.7 Å². The average Bonchev–Trinajstić information content (AvgIpc) is 3.34. The number of carbonyl (C=O) groups excluding carboxylic acids is 1. The van der Waals surface area contributed by atoms with Gasteiger partial charge in [0.15, 0.2) is 0 Å². The van der Waals surface area contributed by atoms with E-state index in [0.717, 1.165) is 17.0 Å². The number of nitrogens with zero attached hydrogens (tertiary/aromatic N) is 3. The molecule has 0 aliphatic rings. The van der Waals surface area contributed by atoms with Gasteiger partial charge in [-0.05, 0) is 31.2 Å². The Morgan fingerprint density at radius 3 is 2.80 bits per heavy atom. The van der Waals surface area contributed by atoms with Gasteiger partial charge in [0.1, 0.15) is 17.4 Å². The highest BCUT2D eigenvalue weighted by molar-refractivity contribution is 7.12. The number of thiazole rings is 1. The van der Waals surface area contributed by atoms with E-state index in [1.807, 2.05) is 29.6 Å². The first-order chi connectivity index (χ1) is 14.5. The Morgan fingerprint density at radius 1 is 1.23 bits per heavy atom. The van der Waals surface area contributed by atoms with E-state index in [9.17, 15) is 9.18 Å². The average molecular weight is 443 g/mol. The van der Waals surface area contributed by atoms with Gasteiger partial charge in [-0.15, -0.1) is 11.3 Å². The Labute approximate surface area is 180 Å². The van der Waals surface area contributed by atoms with Crippen molar-refractivity contribution in [3.8, 4) is 22.1 Å². The Bertz CT molecular complexity index is 1220. The number of benzene rings is 2. The second kappa shape index (κ2) is 8.25. The quantitative estimate of drug-likeness (QED) is 0.452. The Morgan fingerprint density at radius 2 is 2.03 bits per heavy atom. The fourth-order valence-electron chi connectivity index (χ4n) is 2.90. The fraction of sp³-hybridized carbons (Fsp3) is 0.0952. The van der Waals surface area contributed by atoms with Crippen molar-refractivity contribution in [3.63, 3.8) is 0 Å². The van der Waals surface area contributed by atoms with E-state index < -0.39 is 11.7 Å². The molecule has 6 nitrogen and oxygen atoms in total. The molecule has 0 fully saturated rings. The topological polar surface area (TPSA) is 69.0 Å². The molecule has 0 bridgehead atoms. The van der Waals surface area contributed by atoms with Gasteiger partial charge in [0.25, 0.3) is 5.91 Å². The largest absolute Gasteiger partial charge is 0.497 e. The molecular weight excluding hydrogens is 427 g/mol. The van der Waals surface area contributed by atoms with E-state index in [-0.39, 0.29) is 10.6 Å². The molecule has 0 spiro atoms. The Balaban J connectivity index is 1.66. The van der Waals surface area contributed by atoms with Crippen LogP contribution in [-0.4, -0.2) is 27.8 Å². The van der Waals surface area contributed by atoms with Gasteiger partial charge >= 0.3 is 0 Å². The van der Waals surface area contributed by atoms with Gasteiger partial charge in [0.2, 0.25) is 5.13 Å². The van der Waals surface area contributed by atoms with Crippen molar-refractivity contribution in [2.75, 3.05) is 12.4 Å². The predicted octanol–water partition coefficient (Wildman–Crippen LogP) is 5.36. The molecule has 4 rings (SSSR count). The lowest BCUT2D eigenvalue weighted by Gasteiger charge is -2.08. The maximum atomic E-state index is 14.1. The number of hydrogen-bond acceptors (Lipinski definition) is 5. The molecule has 2 aromatic carbocycles. The second-order valence-electron chi connectivity index (χ2n) is 6.38. The van der Waals surface area contributed by atoms with Crippen LogP contribution in [0, 0.1) is 12.7 Å². The molecule has 0 aliphatic carbocycles. The summed E-state index contributed by atoms with van der Waals surface area (Å²) in [5, 5.41) is 9.56. The monoisotopic (exact) mass is 442 g/mol. The number of aromatic nitrogens is 3. The molecular formula is C21H16ClFN4O2S. The molecule has 0 saturated heterocycles. The van der Waals surface area contributed by atoms with Gasteiger partial charge in [-0.2, -0.15) is 9.78 Å². The highest BCUT2D eigenvalue weighted by Gasteiger charge is 2.19. The van der Waals surface area contributed by atoms with Crippen LogP contribution in [0.4, 0.5) is 10.2 Å². The number of carbonyl (C=O) groups is 1. The van der Waals surface area contributed by atoms with E-state index in [4.69, 9.17) is 16.3 Å². The van der Waals surface area contributed by atoms with Crippen LogP contribution in [0.2, 0.25) is 5.02 Å². The molecule has 152 valence electrons. The second-order valence-corrected chi connectivity index (χ2v) is 7.62. The minimum atomic E-state index is -0.697. The van der Waals surface area contributed by atoms with Crippen molar-refractivity contribution in [3.05, 3.63) is 76.0 Å². The lowest BCUT2D eigenvalue weighted by Crippen LogP contribution is -2.17. The minimum absolute atomic E-state index is 0.0323. The number of halogens is 2. The number of nitrogens with one attached hydrogen (secondary N) is 1. The van der Waals surface area contributed by atoms with Gasteiger partial charge in [0, 0.05) is 17.0 Å². The molecule has 4 aromatic rings. The predicted molar refractivity (Wildman–Crippen MR) is 115 cm³/mol. The summed E-state index contributed by atoms with van der Waals surface area (Å²) in [6, 6.07) is 13.3. The van der Waals surface area contributed by atoms with Crippen LogP contribution in [0.1, 0.15) is 16.1 Å². The summed E-state index contributed by atoms with van der Waals surface area (Å²) in [6.07, 6.45) is 0. The summed E-state index contributed by atoms with van der Waals surface area (Å²) in [6.45, 7) is 1.79. The van der Waals surface area contributed by atoms with Crippen LogP contribution in [0.25, 0.3) is 16.4 Å². The highest BCUT2D eigenvalue weighted by Crippen LogP contribution is 2.29. The Kier molecular flexibility index (Phi) is 5.52. The van der Waals surface area contributed by atoms with Crippen LogP contribution < -0.4 is 10.1 Å². The number of anilines is 1. The standard InChI is InChI=1S/C21H16ClFN4O2S/c1-12-9-18(25-20(28)19-15(22)7-4-8-16(19)23)27(26-12)21-24-17(11-30-21)13-5-3-6-14(10-13)29-2/h3-11H,1-2H3,(H,25,28). The zero-order valence-electron chi connectivity index (χ0n) is 16.0. The molecule has 0 saturated carbocycles. The first kappa shape index (κ1) is 20.1. The first-order valence-electron chi connectivity index (χ1n) is 8.88. The smallest absolute Gasteiger partial charge is 0.261 e. The Hall–Kier alpha value is -3.23. The molecule has 1 amide bonds. The summed E-state index contributed by atoms with van der Waals surface area (Å²) < 4.78 is 20.9. The van der Waals surface area contributed by atoms with E-state index in [1.165, 1.54) is 34.2 Å². The molecule has 0 radical (unpaired) electrons. The van der Waals surface area contributed by atoms with Crippen molar-refractivity contribution in [1.29, 1.82) is 0 Å². The molecule has 0 atom stereocenters. The van der Waals surface area contributed by atoms with Crippen LogP contribution in [0.3, 0.4) is 0 Å². The lowest BCUT2D eigenvalue weighted by atomic mass is 10.2. The maximum absolute atomic E-state index is 14.1. The van der Waals surface area contributed by atoms with Crippen molar-refractivity contribution in [2.24, 2.45) is 0 Å². The third-order valence-electron chi connectivity index (χ3n) is 4.30. The van der Waals surface area contributed by atoms with E-state index >= 15 is 0 Å². The molecule has 2 aromatic heterocycles. The summed E-state index contributed by atoms with van der Waals surface area (Å²) in [5.41, 5.74) is 2.09. The molecule has 30 heavy (non-hydrogen) atoms. The third kappa shape index (κ3) is 3.92. The molecule has 9 heteroatoms. The van der Waals surface area contributed by atoms with Gasteiger partial charge in [0.05, 0.1) is 29.1 Å². The summed E-state index contributed by atoms with van der Waals surface area (Å²) in [4.78, 5) is 17.3. The van der Waals surface area contributed by atoms with Gasteiger partial charge in [-0.3, -0.25) is 4.79 Å². The summed E-state index contributed by atoms with van der Waals surface area (Å²) in [7, 11) is 1.61. The van der Waals surface area contributed by atoms with Crippen LogP contribution in [-0.2, 0) is 0 Å². The highest BCUT2D eigenvalue weighted by atomic mass is 35.5. The van der Waals surface area contributed by atoms with E-state index in [1.54, 1.807) is 20.1 Å². The van der Waals surface area contributed by atoms with E-state index in [0.29, 0.717) is 16.6 Å². The van der Waals surface area contributed by atoms with E-state index in [2.05, 4.69) is 15.4 Å². The van der Waals surface area contributed by atoms with Crippen molar-refractivity contribution < 1.29 is 13.9 Å². The van der Waals surface area contributed by atoms with Crippen molar-refractivity contribution in [2.45, 2.75) is 6.92 Å². The fourth-order valence-corrected chi connectivity index (χ4v) is 3.95. The summed E-state index contributed by atoms with van der Waals surface area (Å²) in [5.74, 6) is -0.267. The summed E-state index contributed by atoms with van der Waals surface area (Å²) >= 11 is 7.37. The first-order valence-corrected chi connectivity index (χ1v) is 10.1. The zero-order chi connectivity index (χ0) is 21.3. The number of ether oxygens (including phenoxy) is 1. The van der Waals surface area contributed by atoms with Crippen LogP contribution in [0.5, 0.6) is 5.75 Å². The number of hydrogen-bond donors (Lipinski definition) is 1. The number of rotatable bonds is 5. The SMILES string of the molecule is COc1cccc(-c2csc(-n3nc(C)cc3NC(=O)c3c(F)cccc3Cl)n2)c1. The molecule has 2 heterocycles. The zero-order valence-corrected chi connectivity index (χ0v) is 17.6. The molecule has 0 unspecified atom stereocenters. The molecule has 1 N–H and O–H groups in total. The van der Waals surface area contributed by atoms with Gasteiger partial charge in [-0.1, -0.05) is 29.8 Å². The van der Waals surface area contributed by atoms with Crippen LogP contribution in [0.15, 0.2) is 53.9 Å².